The molecule has 15 heavy (non-hydrogen) atoms. The van der Waals surface area contributed by atoms with Gasteiger partial charge in [0.15, 0.2) is 0 Å². The van der Waals surface area contributed by atoms with Crippen molar-refractivity contribution in [2.45, 2.75) is 19.9 Å². The Hall–Kier alpha value is -1.36. The van der Waals surface area contributed by atoms with E-state index in [0.717, 1.165) is 12.4 Å². The van der Waals surface area contributed by atoms with Crippen molar-refractivity contribution in [2.24, 2.45) is 0 Å². The van der Waals surface area contributed by atoms with Crippen LogP contribution in [0.2, 0.25) is 0 Å². The van der Waals surface area contributed by atoms with Crippen molar-refractivity contribution in [1.82, 2.24) is 9.97 Å². The van der Waals surface area contributed by atoms with Gasteiger partial charge in [0.1, 0.15) is 11.6 Å². The number of methoxy groups -OCH3 is 1. The van der Waals surface area contributed by atoms with Gasteiger partial charge in [-0.25, -0.2) is 4.98 Å². The molecule has 1 rings (SSSR count). The maximum Gasteiger partial charge on any atom is 0.149 e. The van der Waals surface area contributed by atoms with E-state index >= 15 is 0 Å². The number of ether oxygens (including phenoxy) is 1. The van der Waals surface area contributed by atoms with Crippen LogP contribution in [0.1, 0.15) is 13.8 Å². The van der Waals surface area contributed by atoms with Gasteiger partial charge in [-0.1, -0.05) is 0 Å². The van der Waals surface area contributed by atoms with E-state index in [0.29, 0.717) is 18.5 Å². The van der Waals surface area contributed by atoms with Crippen LogP contribution in [0.5, 0.6) is 0 Å². The fraction of sp³-hybridized carbons (Fsp3) is 0.600. The molecule has 0 saturated heterocycles. The van der Waals surface area contributed by atoms with Gasteiger partial charge in [0.05, 0.1) is 19.0 Å². The second-order valence-corrected chi connectivity index (χ2v) is 3.58. The fourth-order valence-electron chi connectivity index (χ4n) is 1.34. The van der Waals surface area contributed by atoms with E-state index in [1.807, 2.05) is 0 Å². The van der Waals surface area contributed by atoms with Gasteiger partial charge in [-0.15, -0.1) is 0 Å². The van der Waals surface area contributed by atoms with Crippen molar-refractivity contribution in [3.63, 3.8) is 0 Å². The molecular weight excluding hydrogens is 192 g/mol. The summed E-state index contributed by atoms with van der Waals surface area (Å²) in [7, 11) is 1.68. The summed E-state index contributed by atoms with van der Waals surface area (Å²) in [5.74, 6) is 1.23. The molecule has 0 aliphatic rings. The summed E-state index contributed by atoms with van der Waals surface area (Å²) in [4.78, 5) is 10.4. The summed E-state index contributed by atoms with van der Waals surface area (Å²) in [5.41, 5.74) is 5.59. The first kappa shape index (κ1) is 11.7. The minimum absolute atomic E-state index is 0.344. The topological polar surface area (TPSA) is 64.3 Å². The van der Waals surface area contributed by atoms with Gasteiger partial charge < -0.3 is 15.4 Å². The number of rotatable bonds is 5. The fourth-order valence-corrected chi connectivity index (χ4v) is 1.34. The highest BCUT2D eigenvalue weighted by molar-refractivity contribution is 5.42. The number of hydrogen-bond acceptors (Lipinski definition) is 5. The molecule has 0 fully saturated rings. The van der Waals surface area contributed by atoms with Gasteiger partial charge in [-0.05, 0) is 13.8 Å². The van der Waals surface area contributed by atoms with Crippen molar-refractivity contribution in [2.75, 3.05) is 30.9 Å². The van der Waals surface area contributed by atoms with Crippen LogP contribution in [0.15, 0.2) is 12.4 Å². The third-order valence-electron chi connectivity index (χ3n) is 2.09. The Balaban J connectivity index is 2.79. The van der Waals surface area contributed by atoms with Crippen LogP contribution in [0.25, 0.3) is 0 Å². The summed E-state index contributed by atoms with van der Waals surface area (Å²) in [6.07, 6.45) is 3.25. The number of hydrogen-bond donors (Lipinski definition) is 1. The third kappa shape index (κ3) is 3.36. The molecule has 0 aliphatic heterocycles. The van der Waals surface area contributed by atoms with Crippen molar-refractivity contribution in [3.8, 4) is 0 Å². The number of nitrogens with zero attached hydrogens (tertiary/aromatic N) is 3. The lowest BCUT2D eigenvalue weighted by Crippen LogP contribution is -2.34. The van der Waals surface area contributed by atoms with Gasteiger partial charge in [0.25, 0.3) is 0 Å². The maximum atomic E-state index is 5.59. The van der Waals surface area contributed by atoms with Gasteiger partial charge >= 0.3 is 0 Å². The van der Waals surface area contributed by atoms with Crippen LogP contribution in [0.4, 0.5) is 11.6 Å². The van der Waals surface area contributed by atoms with Crippen molar-refractivity contribution < 1.29 is 4.74 Å². The van der Waals surface area contributed by atoms with Crippen LogP contribution in [-0.2, 0) is 4.74 Å². The second-order valence-electron chi connectivity index (χ2n) is 3.58. The number of aromatic nitrogens is 2. The molecule has 1 aromatic rings. The summed E-state index contributed by atoms with van der Waals surface area (Å²) in [6.45, 7) is 5.64. The lowest BCUT2D eigenvalue weighted by atomic mass is 10.3. The Kier molecular flexibility index (Phi) is 4.30. The van der Waals surface area contributed by atoms with E-state index in [2.05, 4.69) is 28.7 Å². The first-order chi connectivity index (χ1) is 7.15. The molecule has 0 atom stereocenters. The SMILES string of the molecule is COCCN(c1cncc(N)n1)C(C)C. The van der Waals surface area contributed by atoms with Crippen LogP contribution < -0.4 is 10.6 Å². The maximum absolute atomic E-state index is 5.59. The molecule has 0 unspecified atom stereocenters. The first-order valence-electron chi connectivity index (χ1n) is 4.98. The summed E-state index contributed by atoms with van der Waals surface area (Å²) in [6, 6.07) is 0.344. The smallest absolute Gasteiger partial charge is 0.149 e. The zero-order chi connectivity index (χ0) is 11.3. The van der Waals surface area contributed by atoms with Crippen molar-refractivity contribution >= 4 is 11.6 Å². The predicted molar refractivity (Wildman–Crippen MR) is 60.8 cm³/mol. The quantitative estimate of drug-likeness (QED) is 0.783. The Morgan fingerprint density at radius 1 is 1.47 bits per heavy atom. The summed E-state index contributed by atoms with van der Waals surface area (Å²) in [5, 5.41) is 0. The highest BCUT2D eigenvalue weighted by Gasteiger charge is 2.11. The minimum atomic E-state index is 0.344. The van der Waals surface area contributed by atoms with E-state index in [4.69, 9.17) is 10.5 Å². The molecule has 0 bridgehead atoms. The lowest BCUT2D eigenvalue weighted by Gasteiger charge is -2.27. The second kappa shape index (κ2) is 5.50. The normalized spacial score (nSPS) is 10.7. The largest absolute Gasteiger partial charge is 0.383 e. The minimum Gasteiger partial charge on any atom is -0.383 e. The van der Waals surface area contributed by atoms with E-state index in [1.54, 1.807) is 19.5 Å². The molecule has 2 N–H and O–H groups in total. The molecular formula is C10H18N4O. The zero-order valence-electron chi connectivity index (χ0n) is 9.47. The zero-order valence-corrected chi connectivity index (χ0v) is 9.47. The van der Waals surface area contributed by atoms with Crippen LogP contribution >= 0.6 is 0 Å². The predicted octanol–water partition coefficient (Wildman–Crippen LogP) is 0.920. The Bertz CT molecular complexity index is 303. The summed E-state index contributed by atoms with van der Waals surface area (Å²) >= 11 is 0. The van der Waals surface area contributed by atoms with E-state index in [-0.39, 0.29) is 0 Å². The molecule has 0 spiro atoms. The number of anilines is 2. The van der Waals surface area contributed by atoms with Gasteiger partial charge in [0.2, 0.25) is 0 Å². The highest BCUT2D eigenvalue weighted by Crippen LogP contribution is 2.13. The molecule has 0 aliphatic carbocycles. The molecule has 0 aromatic carbocycles. The highest BCUT2D eigenvalue weighted by atomic mass is 16.5. The van der Waals surface area contributed by atoms with Gasteiger partial charge in [-0.3, -0.25) is 4.98 Å². The summed E-state index contributed by atoms with van der Waals surface area (Å²) < 4.78 is 5.05. The van der Waals surface area contributed by atoms with Crippen LogP contribution in [0, 0.1) is 0 Å². The molecule has 5 nitrogen and oxygen atoms in total. The lowest BCUT2D eigenvalue weighted by molar-refractivity contribution is 0.203. The molecule has 1 aromatic heterocycles. The monoisotopic (exact) mass is 210 g/mol. The van der Waals surface area contributed by atoms with Crippen molar-refractivity contribution in [3.05, 3.63) is 12.4 Å². The third-order valence-corrected chi connectivity index (χ3v) is 2.09. The molecule has 5 heteroatoms. The van der Waals surface area contributed by atoms with Crippen LogP contribution in [-0.4, -0.2) is 36.3 Å². The molecule has 0 radical (unpaired) electrons. The Labute approximate surface area is 90.3 Å². The number of nitrogens with two attached hydrogens (primary N) is 1. The van der Waals surface area contributed by atoms with Gasteiger partial charge in [-0.2, -0.15) is 0 Å². The molecule has 0 amide bonds. The van der Waals surface area contributed by atoms with E-state index in [9.17, 15) is 0 Å². The Morgan fingerprint density at radius 3 is 2.73 bits per heavy atom. The molecule has 0 saturated carbocycles. The molecule has 84 valence electrons. The number of nitrogen functional groups attached to an aromatic ring is 1. The first-order valence-corrected chi connectivity index (χ1v) is 4.98. The Morgan fingerprint density at radius 2 is 2.20 bits per heavy atom. The van der Waals surface area contributed by atoms with E-state index in [1.165, 1.54) is 0 Å². The average Bonchev–Trinajstić information content (AvgIpc) is 2.18. The average molecular weight is 210 g/mol. The van der Waals surface area contributed by atoms with E-state index < -0.39 is 0 Å². The molecule has 1 heterocycles. The standard InChI is InChI=1S/C10H18N4O/c1-8(2)14(4-5-15-3)10-7-12-6-9(11)13-10/h6-8H,4-5H2,1-3H3,(H2,11,13). The van der Waals surface area contributed by atoms with Crippen LogP contribution in [0.3, 0.4) is 0 Å². The van der Waals surface area contributed by atoms with Crippen molar-refractivity contribution in [1.29, 1.82) is 0 Å². The van der Waals surface area contributed by atoms with Gasteiger partial charge in [0, 0.05) is 19.7 Å².